The Labute approximate surface area is 217 Å². The summed E-state index contributed by atoms with van der Waals surface area (Å²) in [6, 6.07) is 30.5. The number of rotatable bonds is 10. The molecule has 5 rings (SSSR count). The molecule has 0 radical (unpaired) electrons. The number of likely N-dealkylation sites (tertiary alicyclic amines) is 1. The first kappa shape index (κ1) is 24.3. The lowest BCUT2D eigenvalue weighted by atomic mass is 10.1. The fourth-order valence-corrected chi connectivity index (χ4v) is 5.40. The predicted molar refractivity (Wildman–Crippen MR) is 144 cm³/mol. The van der Waals surface area contributed by atoms with Gasteiger partial charge in [0.2, 0.25) is 5.91 Å². The summed E-state index contributed by atoms with van der Waals surface area (Å²) in [4.78, 5) is 17.8. The lowest BCUT2D eigenvalue weighted by Gasteiger charge is -2.23. The Morgan fingerprint density at radius 1 is 0.778 bits per heavy atom. The quantitative estimate of drug-likeness (QED) is 0.283. The number of hydrogen-bond acceptors (Lipinski definition) is 5. The van der Waals surface area contributed by atoms with E-state index in [-0.39, 0.29) is 5.91 Å². The first-order valence-corrected chi connectivity index (χ1v) is 13.5. The molecule has 0 spiro atoms. The van der Waals surface area contributed by atoms with Gasteiger partial charge in [-0.3, -0.25) is 14.3 Å². The Balaban J connectivity index is 1.34. The third kappa shape index (κ3) is 6.22. The molecular formula is C29H31N5OS. The van der Waals surface area contributed by atoms with Gasteiger partial charge in [0.05, 0.1) is 12.3 Å². The van der Waals surface area contributed by atoms with E-state index in [1.165, 1.54) is 24.6 Å². The van der Waals surface area contributed by atoms with Crippen molar-refractivity contribution in [3.05, 3.63) is 108 Å². The van der Waals surface area contributed by atoms with Crippen LogP contribution in [0.1, 0.15) is 29.8 Å². The zero-order chi connectivity index (χ0) is 24.6. The lowest BCUT2D eigenvalue weighted by molar-refractivity contribution is -0.129. The predicted octanol–water partition coefficient (Wildman–Crippen LogP) is 5.18. The van der Waals surface area contributed by atoms with Crippen molar-refractivity contribution in [3.8, 4) is 5.69 Å². The molecule has 36 heavy (non-hydrogen) atoms. The molecule has 0 unspecified atom stereocenters. The second kappa shape index (κ2) is 12.0. The van der Waals surface area contributed by atoms with E-state index in [1.54, 1.807) is 0 Å². The van der Waals surface area contributed by atoms with E-state index in [1.807, 2.05) is 59.5 Å². The molecule has 3 aromatic carbocycles. The molecule has 2 heterocycles. The Kier molecular flexibility index (Phi) is 8.10. The second-order valence-corrected chi connectivity index (χ2v) is 10.0. The van der Waals surface area contributed by atoms with Gasteiger partial charge in [0.15, 0.2) is 11.0 Å². The molecule has 1 fully saturated rings. The summed E-state index contributed by atoms with van der Waals surface area (Å²) in [6.45, 7) is 4.10. The molecule has 6 nitrogen and oxygen atoms in total. The molecule has 0 N–H and O–H groups in total. The highest BCUT2D eigenvalue weighted by molar-refractivity contribution is 7.99. The number of para-hydroxylation sites is 1. The average molecular weight is 498 g/mol. The Hall–Kier alpha value is -3.42. The second-order valence-electron chi connectivity index (χ2n) is 9.06. The van der Waals surface area contributed by atoms with Gasteiger partial charge < -0.3 is 4.90 Å². The molecule has 1 amide bonds. The van der Waals surface area contributed by atoms with E-state index >= 15 is 0 Å². The Morgan fingerprint density at radius 2 is 1.33 bits per heavy atom. The molecule has 0 aliphatic carbocycles. The molecule has 184 valence electrons. The number of carbonyl (C=O) groups excluding carboxylic acids is 1. The molecule has 0 saturated carbocycles. The van der Waals surface area contributed by atoms with Crippen LogP contribution in [0.25, 0.3) is 5.69 Å². The summed E-state index contributed by atoms with van der Waals surface area (Å²) >= 11 is 1.46. The Bertz CT molecular complexity index is 1200. The molecular weight excluding hydrogens is 466 g/mol. The van der Waals surface area contributed by atoms with Gasteiger partial charge in [-0.25, -0.2) is 0 Å². The van der Waals surface area contributed by atoms with Crippen molar-refractivity contribution in [2.45, 2.75) is 37.6 Å². The normalized spacial score (nSPS) is 13.7. The van der Waals surface area contributed by atoms with Gasteiger partial charge in [-0.15, -0.1) is 10.2 Å². The molecule has 0 atom stereocenters. The zero-order valence-corrected chi connectivity index (χ0v) is 21.2. The standard InChI is InChI=1S/C29H31N5OS/c35-28(33(20-24-12-4-1-5-13-24)21-25-14-6-2-7-15-25)23-36-29-31-30-27(22-32-18-10-11-19-32)34(29)26-16-8-3-9-17-26/h1-9,12-17H,10-11,18-23H2. The molecule has 1 aromatic heterocycles. The minimum atomic E-state index is 0.0800. The lowest BCUT2D eigenvalue weighted by Crippen LogP contribution is -2.31. The summed E-state index contributed by atoms with van der Waals surface area (Å²) < 4.78 is 2.11. The average Bonchev–Trinajstić information content (AvgIpc) is 3.59. The van der Waals surface area contributed by atoms with Crippen LogP contribution in [0.3, 0.4) is 0 Å². The van der Waals surface area contributed by atoms with E-state index in [0.717, 1.165) is 47.4 Å². The molecule has 1 saturated heterocycles. The van der Waals surface area contributed by atoms with Crippen molar-refractivity contribution in [3.63, 3.8) is 0 Å². The van der Waals surface area contributed by atoms with Gasteiger partial charge >= 0.3 is 0 Å². The van der Waals surface area contributed by atoms with E-state index in [2.05, 4.69) is 56.1 Å². The Morgan fingerprint density at radius 3 is 1.92 bits per heavy atom. The summed E-state index contributed by atoms with van der Waals surface area (Å²) in [5.74, 6) is 1.30. The van der Waals surface area contributed by atoms with Crippen LogP contribution in [0.15, 0.2) is 96.2 Å². The van der Waals surface area contributed by atoms with Crippen LogP contribution in [0.2, 0.25) is 0 Å². The largest absolute Gasteiger partial charge is 0.333 e. The summed E-state index contributed by atoms with van der Waals surface area (Å²) in [7, 11) is 0. The third-order valence-corrected chi connectivity index (χ3v) is 7.30. The van der Waals surface area contributed by atoms with Crippen LogP contribution >= 0.6 is 11.8 Å². The van der Waals surface area contributed by atoms with Crippen LogP contribution in [0.5, 0.6) is 0 Å². The summed E-state index contributed by atoms with van der Waals surface area (Å²) in [5, 5.41) is 9.81. The minimum absolute atomic E-state index is 0.0800. The fourth-order valence-electron chi connectivity index (χ4n) is 4.53. The van der Waals surface area contributed by atoms with Crippen molar-refractivity contribution in [2.75, 3.05) is 18.8 Å². The highest BCUT2D eigenvalue weighted by Crippen LogP contribution is 2.24. The summed E-state index contributed by atoms with van der Waals surface area (Å²) in [6.07, 6.45) is 2.46. The SMILES string of the molecule is O=C(CSc1nnc(CN2CCCC2)n1-c1ccccc1)N(Cc1ccccc1)Cc1ccccc1. The van der Waals surface area contributed by atoms with Crippen LogP contribution in [0, 0.1) is 0 Å². The number of carbonyl (C=O) groups is 1. The van der Waals surface area contributed by atoms with Crippen LogP contribution in [-0.4, -0.2) is 49.3 Å². The molecule has 0 bridgehead atoms. The topological polar surface area (TPSA) is 54.3 Å². The maximum Gasteiger partial charge on any atom is 0.233 e. The highest BCUT2D eigenvalue weighted by Gasteiger charge is 2.21. The van der Waals surface area contributed by atoms with Gasteiger partial charge in [0.1, 0.15) is 0 Å². The van der Waals surface area contributed by atoms with Crippen molar-refractivity contribution in [1.29, 1.82) is 0 Å². The first-order valence-electron chi connectivity index (χ1n) is 12.5. The van der Waals surface area contributed by atoms with Crippen molar-refractivity contribution < 1.29 is 4.79 Å². The number of hydrogen-bond donors (Lipinski definition) is 0. The van der Waals surface area contributed by atoms with Gasteiger partial charge in [0.25, 0.3) is 0 Å². The number of aromatic nitrogens is 3. The van der Waals surface area contributed by atoms with E-state index in [0.29, 0.717) is 18.8 Å². The van der Waals surface area contributed by atoms with Crippen LogP contribution in [0.4, 0.5) is 0 Å². The van der Waals surface area contributed by atoms with E-state index in [4.69, 9.17) is 0 Å². The van der Waals surface area contributed by atoms with Crippen LogP contribution in [-0.2, 0) is 24.4 Å². The first-order chi connectivity index (χ1) is 17.8. The highest BCUT2D eigenvalue weighted by atomic mass is 32.2. The summed E-state index contributed by atoms with van der Waals surface area (Å²) in [5.41, 5.74) is 3.26. The zero-order valence-electron chi connectivity index (χ0n) is 20.4. The van der Waals surface area contributed by atoms with Gasteiger partial charge in [0, 0.05) is 18.8 Å². The maximum atomic E-state index is 13.5. The van der Waals surface area contributed by atoms with Crippen LogP contribution < -0.4 is 0 Å². The fraction of sp³-hybridized carbons (Fsp3) is 0.276. The monoisotopic (exact) mass is 497 g/mol. The number of nitrogens with zero attached hydrogens (tertiary/aromatic N) is 5. The minimum Gasteiger partial charge on any atom is -0.333 e. The smallest absolute Gasteiger partial charge is 0.233 e. The molecule has 1 aliphatic rings. The number of thioether (sulfide) groups is 1. The molecule has 4 aromatic rings. The van der Waals surface area contributed by atoms with Crippen molar-refractivity contribution in [2.24, 2.45) is 0 Å². The van der Waals surface area contributed by atoms with Crippen molar-refractivity contribution in [1.82, 2.24) is 24.6 Å². The molecule has 7 heteroatoms. The number of amides is 1. The third-order valence-electron chi connectivity index (χ3n) is 6.39. The number of benzene rings is 3. The van der Waals surface area contributed by atoms with Crippen molar-refractivity contribution >= 4 is 17.7 Å². The van der Waals surface area contributed by atoms with Gasteiger partial charge in [-0.1, -0.05) is 90.6 Å². The van der Waals surface area contributed by atoms with Gasteiger partial charge in [-0.2, -0.15) is 0 Å². The maximum absolute atomic E-state index is 13.5. The van der Waals surface area contributed by atoms with E-state index in [9.17, 15) is 4.79 Å². The van der Waals surface area contributed by atoms with Gasteiger partial charge in [-0.05, 0) is 49.2 Å². The molecule has 1 aliphatic heterocycles. The van der Waals surface area contributed by atoms with E-state index < -0.39 is 0 Å².